The maximum atomic E-state index is 3.71. The molecule has 0 aromatic carbocycles. The van der Waals surface area contributed by atoms with Crippen molar-refractivity contribution in [2.24, 2.45) is 0 Å². The fourth-order valence-electron chi connectivity index (χ4n) is 2.05. The number of rotatable bonds is 7. The molecule has 1 N–H and O–H groups in total. The number of nitrogens with one attached hydrogen (secondary N) is 1. The molecule has 0 amide bonds. The summed E-state index contributed by atoms with van der Waals surface area (Å²) in [6.45, 7) is 3.45. The highest BCUT2D eigenvalue weighted by Gasteiger charge is 2.25. The third kappa shape index (κ3) is 4.45. The van der Waals surface area contributed by atoms with Crippen molar-refractivity contribution in [1.29, 1.82) is 0 Å². The van der Waals surface area contributed by atoms with E-state index in [1.807, 2.05) is 11.8 Å². The van der Waals surface area contributed by atoms with Crippen molar-refractivity contribution in [2.75, 3.05) is 24.3 Å². The summed E-state index contributed by atoms with van der Waals surface area (Å²) in [6.07, 6.45) is 7.82. The molecule has 1 saturated carbocycles. The van der Waals surface area contributed by atoms with Crippen molar-refractivity contribution in [3.63, 3.8) is 0 Å². The lowest BCUT2D eigenvalue weighted by Crippen LogP contribution is -2.34. The standard InChI is InChI=1S/C11H23NS2/c1-3-14-9-5-8-12-10-6-4-7-11(10)13-2/h10-12H,3-9H2,1-2H3. The first kappa shape index (κ1) is 12.7. The molecule has 3 heteroatoms. The summed E-state index contributed by atoms with van der Waals surface area (Å²) in [5.74, 6) is 2.58. The molecule has 0 saturated heterocycles. The van der Waals surface area contributed by atoms with Gasteiger partial charge in [-0.2, -0.15) is 23.5 Å². The molecule has 0 heterocycles. The highest BCUT2D eigenvalue weighted by molar-refractivity contribution is 7.99. The maximum Gasteiger partial charge on any atom is 0.0198 e. The van der Waals surface area contributed by atoms with Crippen molar-refractivity contribution in [2.45, 2.75) is 43.9 Å². The molecule has 2 atom stereocenters. The second-order valence-electron chi connectivity index (χ2n) is 3.82. The fourth-order valence-corrected chi connectivity index (χ4v) is 3.65. The second-order valence-corrected chi connectivity index (χ2v) is 6.29. The summed E-state index contributed by atoms with van der Waals surface area (Å²) in [5.41, 5.74) is 0. The van der Waals surface area contributed by atoms with Crippen LogP contribution in [0.4, 0.5) is 0 Å². The van der Waals surface area contributed by atoms with Crippen LogP contribution in [0.2, 0.25) is 0 Å². The summed E-state index contributed by atoms with van der Waals surface area (Å²) in [6, 6.07) is 0.802. The molecule has 0 bridgehead atoms. The van der Waals surface area contributed by atoms with Crippen LogP contribution in [0.25, 0.3) is 0 Å². The first-order valence-electron chi connectivity index (χ1n) is 5.72. The Balaban J connectivity index is 2.00. The molecule has 1 aliphatic carbocycles. The molecule has 14 heavy (non-hydrogen) atoms. The van der Waals surface area contributed by atoms with Crippen LogP contribution < -0.4 is 5.32 Å². The quantitative estimate of drug-likeness (QED) is 0.679. The predicted octanol–water partition coefficient (Wildman–Crippen LogP) is 3.00. The minimum Gasteiger partial charge on any atom is -0.313 e. The molecule has 1 fully saturated rings. The van der Waals surface area contributed by atoms with Crippen LogP contribution in [-0.4, -0.2) is 35.6 Å². The van der Waals surface area contributed by atoms with E-state index in [1.165, 1.54) is 43.7 Å². The summed E-state index contributed by atoms with van der Waals surface area (Å²) < 4.78 is 0. The zero-order valence-corrected chi connectivity index (χ0v) is 11.1. The van der Waals surface area contributed by atoms with Gasteiger partial charge in [0.15, 0.2) is 0 Å². The van der Waals surface area contributed by atoms with Gasteiger partial charge in [-0.3, -0.25) is 0 Å². The van der Waals surface area contributed by atoms with E-state index >= 15 is 0 Å². The molecule has 1 rings (SSSR count). The van der Waals surface area contributed by atoms with E-state index in [-0.39, 0.29) is 0 Å². The molecule has 1 nitrogen and oxygen atoms in total. The van der Waals surface area contributed by atoms with Crippen molar-refractivity contribution in [1.82, 2.24) is 5.32 Å². The predicted molar refractivity (Wildman–Crippen MR) is 70.6 cm³/mol. The molecule has 0 aromatic heterocycles. The van der Waals surface area contributed by atoms with Crippen molar-refractivity contribution in [3.05, 3.63) is 0 Å². The molecule has 1 aliphatic rings. The highest BCUT2D eigenvalue weighted by Crippen LogP contribution is 2.28. The van der Waals surface area contributed by atoms with Crippen LogP contribution >= 0.6 is 23.5 Å². The van der Waals surface area contributed by atoms with Crippen LogP contribution in [-0.2, 0) is 0 Å². The lowest BCUT2D eigenvalue weighted by atomic mass is 10.2. The second kappa shape index (κ2) is 7.89. The minimum atomic E-state index is 0.802. The maximum absolute atomic E-state index is 3.71. The summed E-state index contributed by atoms with van der Waals surface area (Å²) in [5, 5.41) is 4.59. The SMILES string of the molecule is CCSCCCNC1CCCC1SC. The van der Waals surface area contributed by atoms with Crippen LogP contribution in [0.3, 0.4) is 0 Å². The van der Waals surface area contributed by atoms with E-state index in [0.29, 0.717) is 0 Å². The Morgan fingerprint density at radius 3 is 2.93 bits per heavy atom. The lowest BCUT2D eigenvalue weighted by molar-refractivity contribution is 0.532. The first-order chi connectivity index (χ1) is 6.88. The summed E-state index contributed by atoms with van der Waals surface area (Å²) >= 11 is 4.09. The van der Waals surface area contributed by atoms with E-state index in [2.05, 4.69) is 30.3 Å². The highest BCUT2D eigenvalue weighted by atomic mass is 32.2. The number of thioether (sulfide) groups is 2. The Hall–Kier alpha value is 0.660. The van der Waals surface area contributed by atoms with Crippen LogP contribution in [0.15, 0.2) is 0 Å². The van der Waals surface area contributed by atoms with Gasteiger partial charge in [-0.15, -0.1) is 0 Å². The lowest BCUT2D eigenvalue weighted by Gasteiger charge is -2.18. The van der Waals surface area contributed by atoms with Crippen LogP contribution in [0.5, 0.6) is 0 Å². The van der Waals surface area contributed by atoms with Gasteiger partial charge < -0.3 is 5.32 Å². The Morgan fingerprint density at radius 1 is 1.36 bits per heavy atom. The fraction of sp³-hybridized carbons (Fsp3) is 1.00. The molecule has 2 unspecified atom stereocenters. The van der Waals surface area contributed by atoms with Gasteiger partial charge >= 0.3 is 0 Å². The van der Waals surface area contributed by atoms with Crippen molar-refractivity contribution in [3.8, 4) is 0 Å². The number of hydrogen-bond donors (Lipinski definition) is 1. The molecular formula is C11H23NS2. The van der Waals surface area contributed by atoms with Gasteiger partial charge in [0.2, 0.25) is 0 Å². The zero-order valence-electron chi connectivity index (χ0n) is 9.42. The van der Waals surface area contributed by atoms with E-state index in [0.717, 1.165) is 11.3 Å². The van der Waals surface area contributed by atoms with E-state index < -0.39 is 0 Å². The average molecular weight is 233 g/mol. The summed E-state index contributed by atoms with van der Waals surface area (Å²) in [4.78, 5) is 0. The van der Waals surface area contributed by atoms with Gasteiger partial charge in [0.25, 0.3) is 0 Å². The third-order valence-corrected chi connectivity index (χ3v) is 4.99. The van der Waals surface area contributed by atoms with Crippen LogP contribution in [0, 0.1) is 0 Å². The molecule has 0 spiro atoms. The molecule has 84 valence electrons. The van der Waals surface area contributed by atoms with Crippen molar-refractivity contribution < 1.29 is 0 Å². The summed E-state index contributed by atoms with van der Waals surface area (Å²) in [7, 11) is 0. The molecule has 0 radical (unpaired) electrons. The van der Waals surface area contributed by atoms with E-state index in [1.54, 1.807) is 0 Å². The largest absolute Gasteiger partial charge is 0.313 e. The van der Waals surface area contributed by atoms with E-state index in [4.69, 9.17) is 0 Å². The van der Waals surface area contributed by atoms with Gasteiger partial charge in [-0.05, 0) is 43.6 Å². The van der Waals surface area contributed by atoms with Gasteiger partial charge in [0.05, 0.1) is 0 Å². The first-order valence-corrected chi connectivity index (χ1v) is 8.16. The van der Waals surface area contributed by atoms with Gasteiger partial charge in [-0.25, -0.2) is 0 Å². The van der Waals surface area contributed by atoms with Gasteiger partial charge in [-0.1, -0.05) is 13.3 Å². The topological polar surface area (TPSA) is 12.0 Å². The zero-order chi connectivity index (χ0) is 10.2. The monoisotopic (exact) mass is 233 g/mol. The third-order valence-electron chi connectivity index (χ3n) is 2.83. The van der Waals surface area contributed by atoms with Gasteiger partial charge in [0.1, 0.15) is 0 Å². The Kier molecular flexibility index (Phi) is 7.17. The average Bonchev–Trinajstić information content (AvgIpc) is 2.65. The Labute approximate surface area is 97.2 Å². The van der Waals surface area contributed by atoms with Crippen molar-refractivity contribution >= 4 is 23.5 Å². The molecule has 0 aliphatic heterocycles. The Bertz CT molecular complexity index is 141. The minimum absolute atomic E-state index is 0.802. The van der Waals surface area contributed by atoms with E-state index in [9.17, 15) is 0 Å². The smallest absolute Gasteiger partial charge is 0.0198 e. The molecular weight excluding hydrogens is 210 g/mol. The Morgan fingerprint density at radius 2 is 2.21 bits per heavy atom. The van der Waals surface area contributed by atoms with Gasteiger partial charge in [0, 0.05) is 11.3 Å². The van der Waals surface area contributed by atoms with Crippen LogP contribution in [0.1, 0.15) is 32.6 Å². The number of hydrogen-bond acceptors (Lipinski definition) is 3. The normalized spacial score (nSPS) is 27.0. The molecule has 0 aromatic rings.